The third-order valence-corrected chi connectivity index (χ3v) is 4.85. The number of hydrogen-bond acceptors (Lipinski definition) is 2. The highest BCUT2D eigenvalue weighted by atomic mass is 35.5. The summed E-state index contributed by atoms with van der Waals surface area (Å²) in [6.45, 7) is 6.84. The highest BCUT2D eigenvalue weighted by molar-refractivity contribution is 6.30. The van der Waals surface area contributed by atoms with E-state index in [-0.39, 0.29) is 29.1 Å². The summed E-state index contributed by atoms with van der Waals surface area (Å²) in [5.41, 5.74) is 0.391. The quantitative estimate of drug-likeness (QED) is 0.654. The standard InChI is InChI=1S/C16H20F2N2.C6H4ClF/c1-16(2,3)7-14-11(8-19)12(9-20-14)10-5-4-6-13(17)15(10)18;7-5-2-1-3-6(8)4-5/h4-6,11-12,14,20H,7,9H2,1-3H3;1-4H. The van der Waals surface area contributed by atoms with Crippen molar-refractivity contribution >= 4 is 11.6 Å². The topological polar surface area (TPSA) is 35.8 Å². The van der Waals surface area contributed by atoms with Gasteiger partial charge in [-0.3, -0.25) is 0 Å². The monoisotopic (exact) mass is 408 g/mol. The molecule has 0 amide bonds. The predicted molar refractivity (Wildman–Crippen MR) is 105 cm³/mol. The van der Waals surface area contributed by atoms with Gasteiger partial charge < -0.3 is 5.32 Å². The third-order valence-electron chi connectivity index (χ3n) is 4.62. The summed E-state index contributed by atoms with van der Waals surface area (Å²) < 4.78 is 39.4. The summed E-state index contributed by atoms with van der Waals surface area (Å²) in [4.78, 5) is 0. The van der Waals surface area contributed by atoms with E-state index in [1.807, 2.05) is 0 Å². The van der Waals surface area contributed by atoms with Crippen molar-refractivity contribution in [2.45, 2.75) is 39.2 Å². The second-order valence-electron chi connectivity index (χ2n) is 8.12. The van der Waals surface area contributed by atoms with Gasteiger partial charge in [-0.15, -0.1) is 0 Å². The maximum absolute atomic E-state index is 13.9. The average molecular weight is 409 g/mol. The maximum atomic E-state index is 13.9. The van der Waals surface area contributed by atoms with E-state index in [1.165, 1.54) is 18.2 Å². The van der Waals surface area contributed by atoms with Crippen LogP contribution in [0.15, 0.2) is 42.5 Å². The van der Waals surface area contributed by atoms with Gasteiger partial charge in [0.25, 0.3) is 0 Å². The van der Waals surface area contributed by atoms with Crippen LogP contribution in [-0.2, 0) is 0 Å². The van der Waals surface area contributed by atoms with Gasteiger partial charge in [0.05, 0.1) is 12.0 Å². The third kappa shape index (κ3) is 5.98. The molecule has 3 rings (SSSR count). The van der Waals surface area contributed by atoms with Gasteiger partial charge in [-0.25, -0.2) is 13.2 Å². The lowest BCUT2D eigenvalue weighted by molar-refractivity contribution is 0.303. The van der Waals surface area contributed by atoms with Crippen molar-refractivity contribution in [1.82, 2.24) is 5.32 Å². The van der Waals surface area contributed by atoms with Gasteiger partial charge in [0.2, 0.25) is 0 Å². The second-order valence-corrected chi connectivity index (χ2v) is 8.56. The molecule has 2 nitrogen and oxygen atoms in total. The Labute approximate surface area is 169 Å². The fourth-order valence-corrected chi connectivity index (χ4v) is 3.60. The van der Waals surface area contributed by atoms with Gasteiger partial charge in [0.15, 0.2) is 11.6 Å². The molecule has 0 aliphatic carbocycles. The summed E-state index contributed by atoms with van der Waals surface area (Å²) in [6, 6.07) is 12.3. The van der Waals surface area contributed by atoms with Crippen molar-refractivity contribution in [2.24, 2.45) is 11.3 Å². The molecule has 1 heterocycles. The van der Waals surface area contributed by atoms with Gasteiger partial charge in [-0.1, -0.05) is 50.6 Å². The molecule has 3 atom stereocenters. The smallest absolute Gasteiger partial charge is 0.162 e. The first kappa shape index (κ1) is 22.3. The summed E-state index contributed by atoms with van der Waals surface area (Å²) >= 11 is 5.40. The van der Waals surface area contributed by atoms with E-state index < -0.39 is 11.6 Å². The van der Waals surface area contributed by atoms with Crippen molar-refractivity contribution in [1.29, 1.82) is 5.26 Å². The Hall–Kier alpha value is -2.03. The molecule has 0 aromatic heterocycles. The van der Waals surface area contributed by atoms with Crippen LogP contribution in [0.2, 0.25) is 5.02 Å². The van der Waals surface area contributed by atoms with Crippen LogP contribution in [0.4, 0.5) is 13.2 Å². The fraction of sp³-hybridized carbons (Fsp3) is 0.409. The van der Waals surface area contributed by atoms with Gasteiger partial charge >= 0.3 is 0 Å². The number of halogens is 4. The Morgan fingerprint density at radius 3 is 2.36 bits per heavy atom. The van der Waals surface area contributed by atoms with Gasteiger partial charge in [-0.05, 0) is 41.7 Å². The van der Waals surface area contributed by atoms with Crippen LogP contribution in [0.5, 0.6) is 0 Å². The maximum Gasteiger partial charge on any atom is 0.162 e. The molecule has 1 N–H and O–H groups in total. The molecule has 0 radical (unpaired) electrons. The van der Waals surface area contributed by atoms with E-state index in [4.69, 9.17) is 11.6 Å². The molecule has 2 aromatic rings. The molecule has 0 spiro atoms. The Bertz CT molecular complexity index is 825. The first-order valence-corrected chi connectivity index (χ1v) is 9.48. The zero-order chi connectivity index (χ0) is 20.9. The van der Waals surface area contributed by atoms with Crippen LogP contribution in [0.1, 0.15) is 38.7 Å². The van der Waals surface area contributed by atoms with Crippen LogP contribution in [0.25, 0.3) is 0 Å². The minimum Gasteiger partial charge on any atom is -0.312 e. The Morgan fingerprint density at radius 1 is 1.14 bits per heavy atom. The van der Waals surface area contributed by atoms with Gasteiger partial charge in [0.1, 0.15) is 5.82 Å². The lowest BCUT2D eigenvalue weighted by atomic mass is 9.79. The van der Waals surface area contributed by atoms with Crippen molar-refractivity contribution in [2.75, 3.05) is 6.54 Å². The number of benzene rings is 2. The molecule has 1 fully saturated rings. The molecule has 28 heavy (non-hydrogen) atoms. The molecule has 3 unspecified atom stereocenters. The summed E-state index contributed by atoms with van der Waals surface area (Å²) in [5.74, 6) is -2.58. The van der Waals surface area contributed by atoms with Crippen LogP contribution in [-0.4, -0.2) is 12.6 Å². The van der Waals surface area contributed by atoms with Crippen molar-refractivity contribution < 1.29 is 13.2 Å². The van der Waals surface area contributed by atoms with Crippen LogP contribution in [0.3, 0.4) is 0 Å². The molecule has 6 heteroatoms. The molecule has 1 aliphatic heterocycles. The fourth-order valence-electron chi connectivity index (χ4n) is 3.42. The molecule has 150 valence electrons. The van der Waals surface area contributed by atoms with Crippen LogP contribution in [0, 0.1) is 40.1 Å². The molecule has 2 aromatic carbocycles. The van der Waals surface area contributed by atoms with E-state index >= 15 is 0 Å². The van der Waals surface area contributed by atoms with E-state index in [1.54, 1.807) is 18.2 Å². The predicted octanol–water partition coefficient (Wildman–Crippen LogP) is 6.08. The van der Waals surface area contributed by atoms with Crippen LogP contribution < -0.4 is 5.32 Å². The van der Waals surface area contributed by atoms with Crippen LogP contribution >= 0.6 is 11.6 Å². The van der Waals surface area contributed by atoms with Gasteiger partial charge in [-0.2, -0.15) is 5.26 Å². The zero-order valence-corrected chi connectivity index (χ0v) is 16.9. The Morgan fingerprint density at radius 2 is 1.82 bits per heavy atom. The summed E-state index contributed by atoms with van der Waals surface area (Å²) in [7, 11) is 0. The number of hydrogen-bond donors (Lipinski definition) is 1. The molecule has 0 saturated carbocycles. The normalized spacial score (nSPS) is 21.6. The lowest BCUT2D eigenvalue weighted by Crippen LogP contribution is -2.31. The average Bonchev–Trinajstić information content (AvgIpc) is 2.98. The largest absolute Gasteiger partial charge is 0.312 e. The second kappa shape index (κ2) is 9.45. The highest BCUT2D eigenvalue weighted by Crippen LogP contribution is 2.37. The number of rotatable bonds is 2. The van der Waals surface area contributed by atoms with E-state index in [2.05, 4.69) is 32.2 Å². The van der Waals surface area contributed by atoms with E-state index in [0.717, 1.165) is 12.5 Å². The lowest BCUT2D eigenvalue weighted by Gasteiger charge is -2.25. The molecule has 1 saturated heterocycles. The number of nitrogens with zero attached hydrogens (tertiary/aromatic N) is 1. The van der Waals surface area contributed by atoms with E-state index in [0.29, 0.717) is 17.1 Å². The first-order valence-electron chi connectivity index (χ1n) is 9.10. The summed E-state index contributed by atoms with van der Waals surface area (Å²) in [5, 5.41) is 13.2. The van der Waals surface area contributed by atoms with Crippen molar-refractivity contribution in [3.8, 4) is 6.07 Å². The zero-order valence-electron chi connectivity index (χ0n) is 16.1. The van der Waals surface area contributed by atoms with E-state index in [9.17, 15) is 18.4 Å². The minimum atomic E-state index is -0.849. The Balaban J connectivity index is 0.000000292. The SMILES string of the molecule is CC(C)(C)CC1NCC(c2cccc(F)c2F)C1C#N.Fc1cccc(Cl)c1. The minimum absolute atomic E-state index is 0.0210. The molecule has 0 bridgehead atoms. The highest BCUT2D eigenvalue weighted by Gasteiger charge is 2.39. The van der Waals surface area contributed by atoms with Gasteiger partial charge in [0, 0.05) is 23.5 Å². The Kier molecular flexibility index (Phi) is 7.51. The molecule has 1 aliphatic rings. The number of nitrogens with one attached hydrogen (secondary N) is 1. The number of nitriles is 1. The summed E-state index contributed by atoms with van der Waals surface area (Å²) in [6.07, 6.45) is 0.832. The first-order chi connectivity index (χ1) is 13.1. The van der Waals surface area contributed by atoms with Crippen molar-refractivity contribution in [3.63, 3.8) is 0 Å². The molecular formula is C22H24ClF3N2. The molecular weight excluding hydrogens is 385 g/mol. The van der Waals surface area contributed by atoms with Crippen molar-refractivity contribution in [3.05, 3.63) is 70.5 Å².